The van der Waals surface area contributed by atoms with Crippen molar-refractivity contribution in [2.45, 2.75) is 32.2 Å². The Hall–Kier alpha value is -2.64. The fourth-order valence-corrected chi connectivity index (χ4v) is 5.01. The van der Waals surface area contributed by atoms with Gasteiger partial charge in [-0.2, -0.15) is 9.50 Å². The smallest absolute Gasteiger partial charge is 0.230 e. The van der Waals surface area contributed by atoms with Gasteiger partial charge in [-0.1, -0.05) is 47.6 Å². The van der Waals surface area contributed by atoms with E-state index in [2.05, 4.69) is 46.2 Å². The summed E-state index contributed by atoms with van der Waals surface area (Å²) >= 11 is 1.50. The fourth-order valence-electron chi connectivity index (χ4n) is 3.89. The lowest BCUT2D eigenvalue weighted by molar-refractivity contribution is 0.186. The van der Waals surface area contributed by atoms with Crippen LogP contribution in [0.1, 0.15) is 41.3 Å². The van der Waals surface area contributed by atoms with Crippen LogP contribution in [-0.2, 0) is 0 Å². The highest BCUT2D eigenvalue weighted by molar-refractivity contribution is 7.17. The third-order valence-corrected chi connectivity index (χ3v) is 6.41. The number of rotatable bonds is 4. The molecule has 0 saturated carbocycles. The molecule has 5 rings (SSSR count). The van der Waals surface area contributed by atoms with Crippen LogP contribution >= 0.6 is 11.3 Å². The minimum absolute atomic E-state index is 0.0152. The highest BCUT2D eigenvalue weighted by atomic mass is 32.1. The maximum atomic E-state index is 11.0. The van der Waals surface area contributed by atoms with E-state index in [1.807, 2.05) is 6.07 Å². The van der Waals surface area contributed by atoms with Crippen molar-refractivity contribution < 1.29 is 9.52 Å². The number of benzene rings is 1. The normalized spacial score (nSPS) is 16.6. The fraction of sp³-hybridized carbons (Fsp3) is 0.333. The Labute approximate surface area is 167 Å². The van der Waals surface area contributed by atoms with E-state index in [9.17, 15) is 5.11 Å². The number of hydrogen-bond donors (Lipinski definition) is 1. The van der Waals surface area contributed by atoms with Gasteiger partial charge in [0, 0.05) is 0 Å². The Kier molecular flexibility index (Phi) is 4.41. The number of aryl methyl sites for hydroxylation is 1. The number of thiazole rings is 1. The second-order valence-electron chi connectivity index (χ2n) is 7.31. The van der Waals surface area contributed by atoms with Crippen LogP contribution in [0.4, 0.5) is 0 Å². The topological polar surface area (TPSA) is 66.8 Å². The van der Waals surface area contributed by atoms with Crippen molar-refractivity contribution in [2.75, 3.05) is 13.1 Å². The average Bonchev–Trinajstić information content (AvgIpc) is 3.43. The third-order valence-electron chi connectivity index (χ3n) is 5.34. The maximum absolute atomic E-state index is 11.0. The van der Waals surface area contributed by atoms with E-state index in [1.165, 1.54) is 46.2 Å². The minimum atomic E-state index is 0.0152. The van der Waals surface area contributed by atoms with Crippen LogP contribution in [0.25, 0.3) is 16.5 Å². The van der Waals surface area contributed by atoms with Gasteiger partial charge in [-0.25, -0.2) is 0 Å². The summed E-state index contributed by atoms with van der Waals surface area (Å²) in [6.45, 7) is 4.16. The molecule has 1 atom stereocenters. The molecule has 1 saturated heterocycles. The van der Waals surface area contributed by atoms with E-state index in [0.717, 1.165) is 18.0 Å². The second kappa shape index (κ2) is 7.07. The third kappa shape index (κ3) is 3.00. The molecule has 28 heavy (non-hydrogen) atoms. The number of aromatic hydroxyl groups is 1. The Morgan fingerprint density at radius 3 is 2.57 bits per heavy atom. The van der Waals surface area contributed by atoms with E-state index in [1.54, 1.807) is 12.3 Å². The van der Waals surface area contributed by atoms with E-state index in [0.29, 0.717) is 16.5 Å². The summed E-state index contributed by atoms with van der Waals surface area (Å²) in [5.41, 5.74) is 2.43. The molecule has 0 radical (unpaired) electrons. The lowest BCUT2D eigenvalue weighted by Crippen LogP contribution is -2.34. The summed E-state index contributed by atoms with van der Waals surface area (Å²) in [6, 6.07) is 12.2. The SMILES string of the molecule is Cc1ccc([C@@H](c2sc3nc(-c4ccco4)nn3c2O)N2CCCCC2)cc1. The molecule has 7 heteroatoms. The average molecular weight is 395 g/mol. The number of piperidine rings is 1. The number of aromatic nitrogens is 3. The maximum Gasteiger partial charge on any atom is 0.230 e. The molecule has 1 aliphatic rings. The first-order chi connectivity index (χ1) is 13.7. The standard InChI is InChI=1S/C21H22N4O2S/c1-14-7-9-15(10-8-14)17(24-11-3-2-4-12-24)18-20(26)25-21(28-18)22-19(23-25)16-6-5-13-27-16/h5-10,13,17,26H,2-4,11-12H2,1H3/t17-/m0/s1. The molecule has 1 aromatic carbocycles. The Balaban J connectivity index is 1.59. The zero-order valence-electron chi connectivity index (χ0n) is 15.7. The van der Waals surface area contributed by atoms with Crippen LogP contribution in [-0.4, -0.2) is 37.7 Å². The second-order valence-corrected chi connectivity index (χ2v) is 8.32. The largest absolute Gasteiger partial charge is 0.492 e. The number of fused-ring (bicyclic) bond motifs is 1. The molecule has 1 fully saturated rings. The summed E-state index contributed by atoms with van der Waals surface area (Å²) in [5.74, 6) is 1.26. The predicted molar refractivity (Wildman–Crippen MR) is 109 cm³/mol. The van der Waals surface area contributed by atoms with Crippen molar-refractivity contribution in [3.63, 3.8) is 0 Å². The Morgan fingerprint density at radius 2 is 1.89 bits per heavy atom. The summed E-state index contributed by atoms with van der Waals surface area (Å²) in [5, 5.41) is 15.5. The van der Waals surface area contributed by atoms with Gasteiger partial charge in [-0.3, -0.25) is 4.90 Å². The van der Waals surface area contributed by atoms with Crippen LogP contribution < -0.4 is 0 Å². The first-order valence-electron chi connectivity index (χ1n) is 9.63. The van der Waals surface area contributed by atoms with Crippen LogP contribution in [0.15, 0.2) is 47.1 Å². The summed E-state index contributed by atoms with van der Waals surface area (Å²) in [6.07, 6.45) is 5.24. The molecule has 6 nitrogen and oxygen atoms in total. The van der Waals surface area contributed by atoms with Gasteiger partial charge < -0.3 is 9.52 Å². The van der Waals surface area contributed by atoms with E-state index in [-0.39, 0.29) is 11.9 Å². The van der Waals surface area contributed by atoms with E-state index >= 15 is 0 Å². The van der Waals surface area contributed by atoms with E-state index < -0.39 is 0 Å². The lowest BCUT2D eigenvalue weighted by atomic mass is 9.99. The van der Waals surface area contributed by atoms with Crippen molar-refractivity contribution in [1.82, 2.24) is 19.5 Å². The van der Waals surface area contributed by atoms with Crippen LogP contribution in [0.2, 0.25) is 0 Å². The van der Waals surface area contributed by atoms with Crippen LogP contribution in [0, 0.1) is 6.92 Å². The predicted octanol–water partition coefficient (Wildman–Crippen LogP) is 4.64. The number of likely N-dealkylation sites (tertiary alicyclic amines) is 1. The molecule has 0 aliphatic carbocycles. The first kappa shape index (κ1) is 17.5. The van der Waals surface area contributed by atoms with Gasteiger partial charge in [0.1, 0.15) is 0 Å². The molecule has 4 heterocycles. The molecule has 0 unspecified atom stereocenters. The van der Waals surface area contributed by atoms with Gasteiger partial charge in [-0.05, 0) is 50.6 Å². The highest BCUT2D eigenvalue weighted by Gasteiger charge is 2.30. The molecule has 144 valence electrons. The highest BCUT2D eigenvalue weighted by Crippen LogP contribution is 2.41. The monoisotopic (exact) mass is 394 g/mol. The quantitative estimate of drug-likeness (QED) is 0.546. The van der Waals surface area contributed by atoms with Gasteiger partial charge in [0.15, 0.2) is 5.76 Å². The van der Waals surface area contributed by atoms with E-state index in [4.69, 9.17) is 4.42 Å². The minimum Gasteiger partial charge on any atom is -0.492 e. The summed E-state index contributed by atoms with van der Waals surface area (Å²) in [7, 11) is 0. The van der Waals surface area contributed by atoms with Crippen molar-refractivity contribution in [2.24, 2.45) is 0 Å². The molecule has 4 aromatic rings. The van der Waals surface area contributed by atoms with Gasteiger partial charge in [0.05, 0.1) is 17.2 Å². The molecular formula is C21H22N4O2S. The molecule has 1 aliphatic heterocycles. The van der Waals surface area contributed by atoms with Crippen molar-refractivity contribution >= 4 is 16.3 Å². The van der Waals surface area contributed by atoms with Gasteiger partial charge in [-0.15, -0.1) is 5.10 Å². The zero-order valence-corrected chi connectivity index (χ0v) is 16.5. The van der Waals surface area contributed by atoms with Crippen LogP contribution in [0.5, 0.6) is 5.88 Å². The first-order valence-corrected chi connectivity index (χ1v) is 10.5. The van der Waals surface area contributed by atoms with Gasteiger partial charge >= 0.3 is 0 Å². The van der Waals surface area contributed by atoms with Crippen molar-refractivity contribution in [1.29, 1.82) is 0 Å². The van der Waals surface area contributed by atoms with Gasteiger partial charge in [0.25, 0.3) is 0 Å². The molecule has 0 amide bonds. The Bertz CT molecular complexity index is 1080. The zero-order chi connectivity index (χ0) is 19.1. The van der Waals surface area contributed by atoms with Gasteiger partial charge in [0.2, 0.25) is 16.7 Å². The van der Waals surface area contributed by atoms with Crippen molar-refractivity contribution in [3.05, 3.63) is 58.7 Å². The molecule has 3 aromatic heterocycles. The number of nitrogens with zero attached hydrogens (tertiary/aromatic N) is 4. The van der Waals surface area contributed by atoms with Crippen molar-refractivity contribution in [3.8, 4) is 17.5 Å². The number of hydrogen-bond acceptors (Lipinski definition) is 6. The summed E-state index contributed by atoms with van der Waals surface area (Å²) < 4.78 is 6.92. The number of furan rings is 1. The molecule has 1 N–H and O–H groups in total. The lowest BCUT2D eigenvalue weighted by Gasteiger charge is -2.34. The molecule has 0 bridgehead atoms. The molecule has 0 spiro atoms. The van der Waals surface area contributed by atoms with Crippen LogP contribution in [0.3, 0.4) is 0 Å². The molecular weight excluding hydrogens is 372 g/mol. The summed E-state index contributed by atoms with van der Waals surface area (Å²) in [4.78, 5) is 8.60. The Morgan fingerprint density at radius 1 is 1.11 bits per heavy atom.